The molecule has 0 spiro atoms. The molecule has 2 aromatic rings. The molecule has 178 valence electrons. The molecule has 1 unspecified atom stereocenters. The van der Waals surface area contributed by atoms with Crippen LogP contribution in [0.2, 0.25) is 0 Å². The molecule has 0 radical (unpaired) electrons. The first kappa shape index (κ1) is 23.4. The number of ether oxygens (including phenoxy) is 4. The van der Waals surface area contributed by atoms with Gasteiger partial charge >= 0.3 is 5.97 Å². The molecule has 0 bridgehead atoms. The minimum atomic E-state index is -0.631. The Morgan fingerprint density at radius 3 is 2.44 bits per heavy atom. The number of benzene rings is 1. The number of dihydropyridines is 1. The summed E-state index contributed by atoms with van der Waals surface area (Å²) in [5.74, 6) is 0.189. The second kappa shape index (κ2) is 9.99. The topological polar surface area (TPSA) is 96.0 Å². The Morgan fingerprint density at radius 2 is 1.82 bits per heavy atom. The number of pyridine rings is 1. The normalized spacial score (nSPS) is 17.6. The predicted octanol–water partition coefficient (Wildman–Crippen LogP) is 3.82. The lowest BCUT2D eigenvalue weighted by Crippen LogP contribution is -2.34. The van der Waals surface area contributed by atoms with Gasteiger partial charge in [0, 0.05) is 35.5 Å². The molecule has 0 saturated heterocycles. The van der Waals surface area contributed by atoms with Crippen LogP contribution in [0.5, 0.6) is 17.2 Å². The smallest absolute Gasteiger partial charge is 0.337 e. The van der Waals surface area contributed by atoms with E-state index < -0.39 is 11.9 Å². The van der Waals surface area contributed by atoms with Gasteiger partial charge in [-0.1, -0.05) is 6.07 Å². The number of carbonyl (C=O) groups is 2. The molecule has 1 aliphatic heterocycles. The highest BCUT2D eigenvalue weighted by Crippen LogP contribution is 2.47. The van der Waals surface area contributed by atoms with E-state index in [0.29, 0.717) is 51.8 Å². The van der Waals surface area contributed by atoms with E-state index in [-0.39, 0.29) is 12.4 Å². The number of hydrogen-bond donors (Lipinski definition) is 1. The molecule has 1 aromatic carbocycles. The lowest BCUT2D eigenvalue weighted by molar-refractivity contribution is -0.140. The van der Waals surface area contributed by atoms with Gasteiger partial charge in [-0.2, -0.15) is 0 Å². The Bertz CT molecular complexity index is 1140. The van der Waals surface area contributed by atoms with Gasteiger partial charge in [0.25, 0.3) is 0 Å². The number of Topliss-reactive ketones (excluding diaryl/α,β-unsaturated/α-hetero) is 1. The van der Waals surface area contributed by atoms with Crippen molar-refractivity contribution in [1.29, 1.82) is 0 Å². The number of aromatic nitrogens is 1. The van der Waals surface area contributed by atoms with E-state index in [9.17, 15) is 9.59 Å². The number of nitrogens with zero attached hydrogens (tertiary/aromatic N) is 1. The summed E-state index contributed by atoms with van der Waals surface area (Å²) in [5, 5.41) is 3.29. The minimum absolute atomic E-state index is 0.00928. The third-order valence-electron chi connectivity index (χ3n) is 6.09. The van der Waals surface area contributed by atoms with Crippen molar-refractivity contribution in [2.45, 2.75) is 38.7 Å². The highest BCUT2D eigenvalue weighted by molar-refractivity contribution is 6.03. The Morgan fingerprint density at radius 1 is 1.09 bits per heavy atom. The minimum Gasteiger partial charge on any atom is -0.493 e. The van der Waals surface area contributed by atoms with Crippen LogP contribution < -0.4 is 19.5 Å². The number of carbonyl (C=O) groups excluding carboxylic acids is 2. The highest BCUT2D eigenvalue weighted by atomic mass is 16.5. The Labute approximate surface area is 198 Å². The molecule has 8 heteroatoms. The van der Waals surface area contributed by atoms with Gasteiger partial charge in [0.1, 0.15) is 6.61 Å². The molecule has 34 heavy (non-hydrogen) atoms. The van der Waals surface area contributed by atoms with Crippen molar-refractivity contribution < 1.29 is 28.5 Å². The van der Waals surface area contributed by atoms with Crippen LogP contribution in [-0.4, -0.2) is 38.1 Å². The molecule has 1 atom stereocenters. The fourth-order valence-electron chi connectivity index (χ4n) is 4.56. The maximum absolute atomic E-state index is 13.4. The number of ketones is 1. The maximum atomic E-state index is 13.4. The molecule has 8 nitrogen and oxygen atoms in total. The van der Waals surface area contributed by atoms with Crippen molar-refractivity contribution in [2.24, 2.45) is 0 Å². The average molecular weight is 465 g/mol. The highest BCUT2D eigenvalue weighted by Gasteiger charge is 2.40. The Kier molecular flexibility index (Phi) is 6.86. The molecule has 2 aliphatic rings. The SMILES string of the molecule is COc1cc(C2C(C(=O)OCc3ccccn3)=C(C)NC3=C2C(=O)CCC3)cc(OC)c1OC. The standard InChI is InChI=1S/C26H28N2O6/c1-15-22(26(30)34-14-17-8-5-6-11-27-17)23(24-18(28-15)9-7-10-19(24)29)16-12-20(31-2)25(33-4)21(13-16)32-3/h5-6,8,11-13,23,28H,7,9-10,14H2,1-4H3. The number of methoxy groups -OCH3 is 3. The van der Waals surface area contributed by atoms with Crippen LogP contribution in [0.1, 0.15) is 43.4 Å². The largest absolute Gasteiger partial charge is 0.493 e. The number of allylic oxidation sites excluding steroid dienone is 3. The zero-order valence-corrected chi connectivity index (χ0v) is 19.8. The number of hydrogen-bond acceptors (Lipinski definition) is 8. The van der Waals surface area contributed by atoms with E-state index in [4.69, 9.17) is 18.9 Å². The number of esters is 1. The van der Waals surface area contributed by atoms with Crippen LogP contribution >= 0.6 is 0 Å². The number of nitrogens with one attached hydrogen (secondary N) is 1. The molecule has 1 N–H and O–H groups in total. The molecule has 0 saturated carbocycles. The van der Waals surface area contributed by atoms with E-state index in [2.05, 4.69) is 10.3 Å². The van der Waals surface area contributed by atoms with Gasteiger partial charge in [-0.15, -0.1) is 0 Å². The van der Waals surface area contributed by atoms with Crippen molar-refractivity contribution in [3.8, 4) is 17.2 Å². The number of rotatable bonds is 7. The van der Waals surface area contributed by atoms with Crippen LogP contribution in [0.25, 0.3) is 0 Å². The Hall–Kier alpha value is -3.81. The van der Waals surface area contributed by atoms with Gasteiger partial charge < -0.3 is 24.3 Å². The first-order valence-electron chi connectivity index (χ1n) is 11.1. The fraction of sp³-hybridized carbons (Fsp3) is 0.346. The van der Waals surface area contributed by atoms with Gasteiger partial charge in [0.05, 0.1) is 32.6 Å². The summed E-state index contributed by atoms with van der Waals surface area (Å²) in [6, 6.07) is 8.98. The zero-order chi connectivity index (χ0) is 24.2. The van der Waals surface area contributed by atoms with Crippen molar-refractivity contribution in [1.82, 2.24) is 10.3 Å². The first-order valence-corrected chi connectivity index (χ1v) is 11.1. The quantitative estimate of drug-likeness (QED) is 0.618. The summed E-state index contributed by atoms with van der Waals surface area (Å²) in [7, 11) is 4.59. The molecule has 0 fully saturated rings. The molecular formula is C26H28N2O6. The summed E-state index contributed by atoms with van der Waals surface area (Å²) in [5.41, 5.74) is 3.76. The first-order chi connectivity index (χ1) is 16.5. The van der Waals surface area contributed by atoms with Gasteiger partial charge in [-0.25, -0.2) is 4.79 Å². The van der Waals surface area contributed by atoms with Crippen LogP contribution in [0.4, 0.5) is 0 Å². The van der Waals surface area contributed by atoms with Gasteiger partial charge in [0.2, 0.25) is 5.75 Å². The van der Waals surface area contributed by atoms with Crippen molar-refractivity contribution in [3.63, 3.8) is 0 Å². The van der Waals surface area contributed by atoms with Gasteiger partial charge in [-0.3, -0.25) is 9.78 Å². The summed E-state index contributed by atoms with van der Waals surface area (Å²) < 4.78 is 22.2. The second-order valence-electron chi connectivity index (χ2n) is 8.12. The molecule has 4 rings (SSSR count). The third kappa shape index (κ3) is 4.35. The van der Waals surface area contributed by atoms with Gasteiger partial charge in [0.15, 0.2) is 17.3 Å². The predicted molar refractivity (Wildman–Crippen MR) is 125 cm³/mol. The molecule has 1 aromatic heterocycles. The zero-order valence-electron chi connectivity index (χ0n) is 19.8. The average Bonchev–Trinajstić information content (AvgIpc) is 2.86. The van der Waals surface area contributed by atoms with E-state index in [1.165, 1.54) is 21.3 Å². The molecular weight excluding hydrogens is 436 g/mol. The van der Waals surface area contributed by atoms with E-state index in [1.807, 2.05) is 13.0 Å². The molecule has 2 heterocycles. The summed E-state index contributed by atoms with van der Waals surface area (Å²) in [6.07, 6.45) is 3.57. The van der Waals surface area contributed by atoms with E-state index in [0.717, 1.165) is 18.5 Å². The summed E-state index contributed by atoms with van der Waals surface area (Å²) in [4.78, 5) is 30.8. The lowest BCUT2D eigenvalue weighted by Gasteiger charge is -2.34. The van der Waals surface area contributed by atoms with Crippen LogP contribution in [0.3, 0.4) is 0 Å². The van der Waals surface area contributed by atoms with Crippen LogP contribution in [0.15, 0.2) is 59.1 Å². The monoisotopic (exact) mass is 464 g/mol. The maximum Gasteiger partial charge on any atom is 0.337 e. The van der Waals surface area contributed by atoms with Crippen molar-refractivity contribution in [2.75, 3.05) is 21.3 Å². The third-order valence-corrected chi connectivity index (χ3v) is 6.09. The second-order valence-corrected chi connectivity index (χ2v) is 8.12. The van der Waals surface area contributed by atoms with Crippen LogP contribution in [0, 0.1) is 0 Å². The van der Waals surface area contributed by atoms with E-state index in [1.54, 1.807) is 30.5 Å². The van der Waals surface area contributed by atoms with Crippen molar-refractivity contribution in [3.05, 3.63) is 70.3 Å². The lowest BCUT2D eigenvalue weighted by atomic mass is 9.75. The van der Waals surface area contributed by atoms with Gasteiger partial charge in [-0.05, 0) is 49.6 Å². The van der Waals surface area contributed by atoms with E-state index >= 15 is 0 Å². The fourth-order valence-corrected chi connectivity index (χ4v) is 4.56. The summed E-state index contributed by atoms with van der Waals surface area (Å²) in [6.45, 7) is 1.85. The van der Waals surface area contributed by atoms with Crippen LogP contribution in [-0.2, 0) is 20.9 Å². The Balaban J connectivity index is 1.80. The molecule has 0 amide bonds. The van der Waals surface area contributed by atoms with Crippen molar-refractivity contribution >= 4 is 11.8 Å². The molecule has 1 aliphatic carbocycles. The summed E-state index contributed by atoms with van der Waals surface area (Å²) >= 11 is 0.